The highest BCUT2D eigenvalue weighted by Crippen LogP contribution is 2.31. The molecule has 1 N–H and O–H groups in total. The molecule has 1 saturated heterocycles. The second-order valence-electron chi connectivity index (χ2n) is 7.44. The van der Waals surface area contributed by atoms with Crippen molar-refractivity contribution in [1.29, 1.82) is 0 Å². The molecule has 3 aromatic rings. The van der Waals surface area contributed by atoms with E-state index in [1.54, 1.807) is 38.7 Å². The quantitative estimate of drug-likeness (QED) is 0.652. The van der Waals surface area contributed by atoms with E-state index in [1.165, 1.54) is 0 Å². The van der Waals surface area contributed by atoms with Crippen LogP contribution in [0, 0.1) is 5.92 Å². The van der Waals surface area contributed by atoms with Gasteiger partial charge in [0, 0.05) is 36.7 Å². The fraction of sp³-hybridized carbons (Fsp3) is 0.292. The Bertz CT molecular complexity index is 1030. The minimum atomic E-state index is -0.0670. The second-order valence-corrected chi connectivity index (χ2v) is 7.44. The average molecular weight is 418 g/mol. The van der Waals surface area contributed by atoms with Crippen molar-refractivity contribution in [2.45, 2.75) is 12.8 Å². The van der Waals surface area contributed by atoms with Crippen LogP contribution in [0.1, 0.15) is 12.8 Å². The van der Waals surface area contributed by atoms with E-state index >= 15 is 0 Å². The van der Waals surface area contributed by atoms with Gasteiger partial charge in [0.05, 0.1) is 25.6 Å². The number of anilines is 2. The Hall–Kier alpha value is -3.61. The second kappa shape index (κ2) is 9.47. The predicted octanol–water partition coefficient (Wildman–Crippen LogP) is 4.02. The molecule has 0 atom stereocenters. The molecule has 7 heteroatoms. The first kappa shape index (κ1) is 20.7. The largest absolute Gasteiger partial charge is 0.497 e. The van der Waals surface area contributed by atoms with Crippen molar-refractivity contribution in [3.05, 3.63) is 60.9 Å². The van der Waals surface area contributed by atoms with E-state index in [2.05, 4.69) is 20.2 Å². The van der Waals surface area contributed by atoms with Crippen LogP contribution in [0.5, 0.6) is 11.5 Å². The Morgan fingerprint density at radius 3 is 2.48 bits per heavy atom. The van der Waals surface area contributed by atoms with Crippen molar-refractivity contribution >= 4 is 17.4 Å². The van der Waals surface area contributed by atoms with Crippen LogP contribution in [0.2, 0.25) is 0 Å². The first-order valence-electron chi connectivity index (χ1n) is 10.3. The summed E-state index contributed by atoms with van der Waals surface area (Å²) >= 11 is 0. The zero-order valence-electron chi connectivity index (χ0n) is 17.7. The molecule has 7 nitrogen and oxygen atoms in total. The number of benzene rings is 2. The maximum atomic E-state index is 12.9. The number of hydrogen-bond acceptors (Lipinski definition) is 6. The van der Waals surface area contributed by atoms with Crippen LogP contribution in [-0.4, -0.2) is 43.2 Å². The lowest BCUT2D eigenvalue weighted by atomic mass is 9.95. The van der Waals surface area contributed by atoms with Gasteiger partial charge < -0.3 is 19.7 Å². The van der Waals surface area contributed by atoms with Gasteiger partial charge in [-0.2, -0.15) is 0 Å². The Kier molecular flexibility index (Phi) is 6.31. The molecular weight excluding hydrogens is 392 g/mol. The van der Waals surface area contributed by atoms with Gasteiger partial charge in [-0.3, -0.25) is 4.79 Å². The van der Waals surface area contributed by atoms with Crippen LogP contribution in [0.15, 0.2) is 60.9 Å². The van der Waals surface area contributed by atoms with Crippen LogP contribution >= 0.6 is 0 Å². The molecule has 1 aromatic heterocycles. The molecule has 1 amide bonds. The number of rotatable bonds is 6. The third-order valence-corrected chi connectivity index (χ3v) is 5.58. The van der Waals surface area contributed by atoms with Gasteiger partial charge in [0.15, 0.2) is 0 Å². The van der Waals surface area contributed by atoms with E-state index in [0.29, 0.717) is 17.2 Å². The minimum Gasteiger partial charge on any atom is -0.497 e. The lowest BCUT2D eigenvalue weighted by Crippen LogP contribution is -2.38. The van der Waals surface area contributed by atoms with E-state index in [0.717, 1.165) is 43.0 Å². The first-order chi connectivity index (χ1) is 15.2. The molecule has 2 heterocycles. The van der Waals surface area contributed by atoms with E-state index in [1.807, 2.05) is 36.4 Å². The number of ether oxygens (including phenoxy) is 2. The molecule has 160 valence electrons. The predicted molar refractivity (Wildman–Crippen MR) is 121 cm³/mol. The molecule has 0 spiro atoms. The summed E-state index contributed by atoms with van der Waals surface area (Å²) in [6, 6.07) is 17.4. The van der Waals surface area contributed by atoms with Crippen molar-refractivity contribution in [3.63, 3.8) is 0 Å². The molecule has 0 aliphatic carbocycles. The molecule has 0 saturated carbocycles. The Labute approximate surface area is 182 Å². The number of methoxy groups -OCH3 is 2. The third-order valence-electron chi connectivity index (χ3n) is 5.58. The summed E-state index contributed by atoms with van der Waals surface area (Å²) in [4.78, 5) is 23.9. The molecule has 1 aliphatic rings. The fourth-order valence-corrected chi connectivity index (χ4v) is 3.80. The maximum Gasteiger partial charge on any atom is 0.227 e. The smallest absolute Gasteiger partial charge is 0.227 e. The first-order valence-corrected chi connectivity index (χ1v) is 10.3. The van der Waals surface area contributed by atoms with Gasteiger partial charge >= 0.3 is 0 Å². The van der Waals surface area contributed by atoms with Crippen molar-refractivity contribution in [2.75, 3.05) is 37.5 Å². The van der Waals surface area contributed by atoms with Gasteiger partial charge in [0.1, 0.15) is 23.6 Å². The molecule has 0 unspecified atom stereocenters. The maximum absolute atomic E-state index is 12.9. The monoisotopic (exact) mass is 418 g/mol. The third kappa shape index (κ3) is 4.77. The van der Waals surface area contributed by atoms with E-state index in [-0.39, 0.29) is 11.8 Å². The number of hydrogen-bond donors (Lipinski definition) is 1. The molecular formula is C24H26N4O3. The molecule has 31 heavy (non-hydrogen) atoms. The number of piperidine rings is 1. The highest BCUT2D eigenvalue weighted by molar-refractivity contribution is 5.94. The summed E-state index contributed by atoms with van der Waals surface area (Å²) in [6.45, 7) is 1.52. The Balaban J connectivity index is 1.40. The average Bonchev–Trinajstić information content (AvgIpc) is 2.84. The van der Waals surface area contributed by atoms with Crippen molar-refractivity contribution < 1.29 is 14.3 Å². The summed E-state index contributed by atoms with van der Waals surface area (Å²) in [5.41, 5.74) is 2.58. The van der Waals surface area contributed by atoms with Gasteiger partial charge in [-0.05, 0) is 25.0 Å². The summed E-state index contributed by atoms with van der Waals surface area (Å²) in [5, 5.41) is 3.00. The van der Waals surface area contributed by atoms with Crippen LogP contribution in [0.3, 0.4) is 0 Å². The number of carbonyl (C=O) groups excluding carboxylic acids is 1. The molecule has 4 rings (SSSR count). The number of carbonyl (C=O) groups is 1. The van der Waals surface area contributed by atoms with Crippen molar-refractivity contribution in [3.8, 4) is 22.8 Å². The Morgan fingerprint density at radius 1 is 1.00 bits per heavy atom. The molecule has 0 radical (unpaired) electrons. The van der Waals surface area contributed by atoms with E-state index < -0.39 is 0 Å². The molecule has 0 bridgehead atoms. The van der Waals surface area contributed by atoms with E-state index in [9.17, 15) is 4.79 Å². The fourth-order valence-electron chi connectivity index (χ4n) is 3.80. The lowest BCUT2D eigenvalue weighted by molar-refractivity contribution is -0.120. The van der Waals surface area contributed by atoms with Crippen molar-refractivity contribution in [2.24, 2.45) is 5.92 Å². The van der Waals surface area contributed by atoms with Gasteiger partial charge in [-0.15, -0.1) is 0 Å². The van der Waals surface area contributed by atoms with Gasteiger partial charge in [0.2, 0.25) is 5.91 Å². The summed E-state index contributed by atoms with van der Waals surface area (Å²) in [7, 11) is 3.18. The zero-order valence-corrected chi connectivity index (χ0v) is 17.7. The van der Waals surface area contributed by atoms with Crippen LogP contribution in [0.4, 0.5) is 11.5 Å². The van der Waals surface area contributed by atoms with Crippen LogP contribution in [0.25, 0.3) is 11.3 Å². The Morgan fingerprint density at radius 2 is 1.77 bits per heavy atom. The highest BCUT2D eigenvalue weighted by Gasteiger charge is 2.26. The topological polar surface area (TPSA) is 76.6 Å². The number of aromatic nitrogens is 2. The van der Waals surface area contributed by atoms with Gasteiger partial charge in [-0.1, -0.05) is 30.3 Å². The number of nitrogens with zero attached hydrogens (tertiary/aromatic N) is 3. The van der Waals surface area contributed by atoms with Gasteiger partial charge in [-0.25, -0.2) is 9.97 Å². The molecule has 1 fully saturated rings. The summed E-state index contributed by atoms with van der Waals surface area (Å²) in [6.07, 6.45) is 3.11. The summed E-state index contributed by atoms with van der Waals surface area (Å²) < 4.78 is 10.6. The zero-order chi connectivity index (χ0) is 21.6. The lowest BCUT2D eigenvalue weighted by Gasteiger charge is -2.32. The standard InChI is InChI=1S/C24H26N4O3/c1-30-19-8-9-22(31-2)21(14-19)27-24(29)18-10-12-28(13-11-18)23-15-20(25-16-26-23)17-6-4-3-5-7-17/h3-9,14-16,18H,10-13H2,1-2H3,(H,27,29). The number of nitrogens with one attached hydrogen (secondary N) is 1. The SMILES string of the molecule is COc1ccc(OC)c(NC(=O)C2CCN(c3cc(-c4ccccc4)ncn3)CC2)c1. The van der Waals surface area contributed by atoms with Gasteiger partial charge in [0.25, 0.3) is 0 Å². The van der Waals surface area contributed by atoms with Crippen molar-refractivity contribution in [1.82, 2.24) is 9.97 Å². The van der Waals surface area contributed by atoms with Crippen LogP contribution < -0.4 is 19.7 Å². The van der Waals surface area contributed by atoms with E-state index in [4.69, 9.17) is 9.47 Å². The molecule has 1 aliphatic heterocycles. The highest BCUT2D eigenvalue weighted by atomic mass is 16.5. The van der Waals surface area contributed by atoms with Crippen LogP contribution in [-0.2, 0) is 4.79 Å². The summed E-state index contributed by atoms with van der Waals surface area (Å²) in [5.74, 6) is 2.11. The molecule has 2 aromatic carbocycles. The minimum absolute atomic E-state index is 0.00105. The normalized spacial score (nSPS) is 14.2. The number of amides is 1.